The Kier molecular flexibility index (Phi) is 3.62. The van der Waals surface area contributed by atoms with E-state index < -0.39 is 0 Å². The molecule has 3 nitrogen and oxygen atoms in total. The molecule has 0 radical (unpaired) electrons. The molecule has 0 fully saturated rings. The van der Waals surface area contributed by atoms with Crippen molar-refractivity contribution in [3.63, 3.8) is 0 Å². The number of allylic oxidation sites excluding steroid dienone is 2. The van der Waals surface area contributed by atoms with Crippen molar-refractivity contribution in [3.8, 4) is 5.75 Å². The molecule has 0 amide bonds. The summed E-state index contributed by atoms with van der Waals surface area (Å²) in [7, 11) is 1.69. The van der Waals surface area contributed by atoms with Crippen LogP contribution in [0.3, 0.4) is 0 Å². The molecular weight excluding hydrogens is 200 g/mol. The van der Waals surface area contributed by atoms with Gasteiger partial charge in [0.15, 0.2) is 0 Å². The van der Waals surface area contributed by atoms with Crippen molar-refractivity contribution in [1.29, 1.82) is 0 Å². The van der Waals surface area contributed by atoms with Crippen LogP contribution in [0.25, 0.3) is 0 Å². The average Bonchev–Trinajstić information content (AvgIpc) is 2.38. The van der Waals surface area contributed by atoms with Crippen LogP contribution in [-0.4, -0.2) is 13.3 Å². The van der Waals surface area contributed by atoms with Crippen LogP contribution in [-0.2, 0) is 6.54 Å². The fourth-order valence-corrected chi connectivity index (χ4v) is 1.64. The Labute approximate surface area is 95.8 Å². The predicted octanol–water partition coefficient (Wildman–Crippen LogP) is 1.78. The lowest BCUT2D eigenvalue weighted by atomic mass is 10.2. The van der Waals surface area contributed by atoms with Gasteiger partial charge in [0.05, 0.1) is 13.3 Å². The molecule has 84 valence electrons. The first-order chi connectivity index (χ1) is 7.90. The van der Waals surface area contributed by atoms with Gasteiger partial charge < -0.3 is 10.1 Å². The minimum Gasteiger partial charge on any atom is -0.496 e. The van der Waals surface area contributed by atoms with Gasteiger partial charge in [-0.15, -0.1) is 0 Å². The van der Waals surface area contributed by atoms with Crippen molar-refractivity contribution in [2.45, 2.75) is 12.7 Å². The zero-order valence-corrected chi connectivity index (χ0v) is 9.31. The zero-order chi connectivity index (χ0) is 11.2. The van der Waals surface area contributed by atoms with Crippen LogP contribution >= 0.6 is 0 Å². The Morgan fingerprint density at radius 3 is 2.94 bits per heavy atom. The molecule has 0 aromatic heterocycles. The van der Waals surface area contributed by atoms with Crippen molar-refractivity contribution in [3.05, 3.63) is 54.3 Å². The first-order valence-electron chi connectivity index (χ1n) is 5.35. The number of hydrogen-bond acceptors (Lipinski definition) is 3. The molecule has 3 heteroatoms. The third-order valence-corrected chi connectivity index (χ3v) is 2.49. The van der Waals surface area contributed by atoms with Crippen LogP contribution in [0, 0.1) is 0 Å². The summed E-state index contributed by atoms with van der Waals surface area (Å²) in [5.41, 5.74) is 1.16. The summed E-state index contributed by atoms with van der Waals surface area (Å²) in [6, 6.07) is 8.03. The molecule has 1 aromatic carbocycles. The number of ether oxygens (including phenoxy) is 1. The fourth-order valence-electron chi connectivity index (χ4n) is 1.64. The number of rotatable bonds is 4. The van der Waals surface area contributed by atoms with Crippen molar-refractivity contribution < 1.29 is 4.74 Å². The molecule has 0 aliphatic carbocycles. The van der Waals surface area contributed by atoms with Gasteiger partial charge in [0, 0.05) is 12.1 Å². The second kappa shape index (κ2) is 5.37. The highest BCUT2D eigenvalue weighted by atomic mass is 16.5. The van der Waals surface area contributed by atoms with Gasteiger partial charge in [0.2, 0.25) is 0 Å². The highest BCUT2D eigenvalue weighted by molar-refractivity contribution is 5.33. The van der Waals surface area contributed by atoms with E-state index in [1.165, 1.54) is 0 Å². The van der Waals surface area contributed by atoms with E-state index in [4.69, 9.17) is 4.74 Å². The van der Waals surface area contributed by atoms with E-state index in [-0.39, 0.29) is 6.17 Å². The Hall–Kier alpha value is -1.74. The van der Waals surface area contributed by atoms with Crippen molar-refractivity contribution in [2.24, 2.45) is 0 Å². The molecule has 16 heavy (non-hydrogen) atoms. The quantitative estimate of drug-likeness (QED) is 0.805. The predicted molar refractivity (Wildman–Crippen MR) is 65.0 cm³/mol. The lowest BCUT2D eigenvalue weighted by Crippen LogP contribution is -2.38. The van der Waals surface area contributed by atoms with Gasteiger partial charge in [-0.3, -0.25) is 5.32 Å². The summed E-state index contributed by atoms with van der Waals surface area (Å²) in [6.45, 7) is 0.778. The lowest BCUT2D eigenvalue weighted by molar-refractivity contribution is 0.405. The maximum Gasteiger partial charge on any atom is 0.123 e. The number of methoxy groups -OCH3 is 1. The molecule has 1 aliphatic rings. The van der Waals surface area contributed by atoms with Crippen LogP contribution in [0.1, 0.15) is 5.56 Å². The molecule has 1 unspecified atom stereocenters. The molecule has 1 aliphatic heterocycles. The van der Waals surface area contributed by atoms with Gasteiger partial charge in [-0.2, -0.15) is 0 Å². The topological polar surface area (TPSA) is 33.3 Å². The summed E-state index contributed by atoms with van der Waals surface area (Å²) in [5, 5.41) is 6.59. The monoisotopic (exact) mass is 216 g/mol. The van der Waals surface area contributed by atoms with Gasteiger partial charge >= 0.3 is 0 Å². The zero-order valence-electron chi connectivity index (χ0n) is 9.31. The van der Waals surface area contributed by atoms with E-state index in [2.05, 4.69) is 22.8 Å². The van der Waals surface area contributed by atoms with Crippen LogP contribution in [0.15, 0.2) is 48.7 Å². The van der Waals surface area contributed by atoms with Crippen LogP contribution in [0.2, 0.25) is 0 Å². The van der Waals surface area contributed by atoms with Crippen molar-refractivity contribution in [1.82, 2.24) is 10.6 Å². The smallest absolute Gasteiger partial charge is 0.123 e. The van der Waals surface area contributed by atoms with Gasteiger partial charge in [-0.1, -0.05) is 24.3 Å². The Bertz CT molecular complexity index is 399. The molecule has 1 heterocycles. The Morgan fingerprint density at radius 2 is 2.19 bits per heavy atom. The number of hydrogen-bond donors (Lipinski definition) is 2. The number of para-hydroxylation sites is 1. The molecule has 2 N–H and O–H groups in total. The summed E-state index contributed by atoms with van der Waals surface area (Å²) in [4.78, 5) is 0. The molecule has 0 saturated carbocycles. The second-order valence-electron chi connectivity index (χ2n) is 3.58. The van der Waals surface area contributed by atoms with E-state index in [1.54, 1.807) is 7.11 Å². The van der Waals surface area contributed by atoms with Crippen molar-refractivity contribution in [2.75, 3.05) is 7.11 Å². The molecule has 1 atom stereocenters. The van der Waals surface area contributed by atoms with Gasteiger partial charge in [-0.05, 0) is 24.4 Å². The standard InChI is InChI=1S/C13H16N2O/c1-16-12-7-3-2-6-11(12)10-15-13-8-4-5-9-14-13/h2-9,13-15H,10H2,1H3. The number of dihydropyridines is 1. The third-order valence-electron chi connectivity index (χ3n) is 2.49. The number of benzene rings is 1. The molecular formula is C13H16N2O. The van der Waals surface area contributed by atoms with Crippen LogP contribution in [0.5, 0.6) is 5.75 Å². The van der Waals surface area contributed by atoms with E-state index in [9.17, 15) is 0 Å². The van der Waals surface area contributed by atoms with Gasteiger partial charge in [-0.25, -0.2) is 0 Å². The summed E-state index contributed by atoms with van der Waals surface area (Å²) < 4.78 is 5.29. The molecule has 1 aromatic rings. The first kappa shape index (κ1) is 10.8. The van der Waals surface area contributed by atoms with E-state index in [1.807, 2.05) is 36.6 Å². The maximum atomic E-state index is 5.29. The fraction of sp³-hybridized carbons (Fsp3) is 0.231. The third kappa shape index (κ3) is 2.64. The minimum absolute atomic E-state index is 0.190. The van der Waals surface area contributed by atoms with Crippen LogP contribution < -0.4 is 15.4 Å². The summed E-state index contributed by atoms with van der Waals surface area (Å²) in [6.07, 6.45) is 8.20. The van der Waals surface area contributed by atoms with E-state index >= 15 is 0 Å². The first-order valence-corrected chi connectivity index (χ1v) is 5.35. The molecule has 0 bridgehead atoms. The largest absolute Gasteiger partial charge is 0.496 e. The number of nitrogens with one attached hydrogen (secondary N) is 2. The SMILES string of the molecule is COc1ccccc1CNC1C=CC=CN1. The normalized spacial score (nSPS) is 18.2. The van der Waals surface area contributed by atoms with Gasteiger partial charge in [0.1, 0.15) is 5.75 Å². The second-order valence-corrected chi connectivity index (χ2v) is 3.58. The summed E-state index contributed by atoms with van der Waals surface area (Å²) in [5.74, 6) is 0.922. The molecule has 0 saturated heterocycles. The van der Waals surface area contributed by atoms with Crippen molar-refractivity contribution >= 4 is 0 Å². The van der Waals surface area contributed by atoms with Crippen LogP contribution in [0.4, 0.5) is 0 Å². The lowest BCUT2D eigenvalue weighted by Gasteiger charge is -2.18. The minimum atomic E-state index is 0.190. The van der Waals surface area contributed by atoms with Gasteiger partial charge in [0.25, 0.3) is 0 Å². The molecule has 2 rings (SSSR count). The van der Waals surface area contributed by atoms with E-state index in [0.29, 0.717) is 0 Å². The average molecular weight is 216 g/mol. The van der Waals surface area contributed by atoms with E-state index in [0.717, 1.165) is 17.9 Å². The highest BCUT2D eigenvalue weighted by Gasteiger charge is 2.05. The Balaban J connectivity index is 1.94. The maximum absolute atomic E-state index is 5.29. The summed E-state index contributed by atoms with van der Waals surface area (Å²) >= 11 is 0. The highest BCUT2D eigenvalue weighted by Crippen LogP contribution is 2.16. The molecule has 0 spiro atoms. The Morgan fingerprint density at radius 1 is 1.31 bits per heavy atom.